The number of rotatable bonds is 11. The van der Waals surface area contributed by atoms with E-state index >= 15 is 0 Å². The van der Waals surface area contributed by atoms with Crippen molar-refractivity contribution in [3.8, 4) is 17.2 Å². The van der Waals surface area contributed by atoms with Crippen LogP contribution >= 0.6 is 0 Å². The molecular weight excluding hydrogens is 424 g/mol. The minimum atomic E-state index is -0.418. The monoisotopic (exact) mass is 454 g/mol. The first kappa shape index (κ1) is 24.1. The Bertz CT molecular complexity index is 1050. The van der Waals surface area contributed by atoms with Gasteiger partial charge in [0, 0.05) is 11.8 Å². The highest BCUT2D eigenvalue weighted by Crippen LogP contribution is 2.36. The maximum absolute atomic E-state index is 13.4. The fourth-order valence-electron chi connectivity index (χ4n) is 3.51. The third-order valence-electron chi connectivity index (χ3n) is 5.02. The molecule has 1 N–H and O–H groups in total. The number of carbonyl (C=O) groups excluding carboxylic acids is 2. The van der Waals surface area contributed by atoms with Crippen LogP contribution in [-0.2, 0) is 14.3 Å². The lowest BCUT2D eigenvalue weighted by Gasteiger charge is -2.16. The van der Waals surface area contributed by atoms with E-state index in [1.54, 1.807) is 24.3 Å². The van der Waals surface area contributed by atoms with Gasteiger partial charge in [-0.2, -0.15) is 0 Å². The third kappa shape index (κ3) is 5.46. The molecule has 0 saturated heterocycles. The maximum atomic E-state index is 13.4. The molecule has 3 rings (SSSR count). The van der Waals surface area contributed by atoms with Gasteiger partial charge in [-0.25, -0.2) is 0 Å². The molecule has 8 heteroatoms. The second-order valence-corrected chi connectivity index (χ2v) is 7.59. The van der Waals surface area contributed by atoms with Crippen molar-refractivity contribution >= 4 is 23.1 Å². The summed E-state index contributed by atoms with van der Waals surface area (Å²) in [6, 6.07) is 12.4. The van der Waals surface area contributed by atoms with Crippen LogP contribution in [0, 0.1) is 0 Å². The molecule has 8 nitrogen and oxygen atoms in total. The van der Waals surface area contributed by atoms with Gasteiger partial charge >= 0.3 is 0 Å². The molecule has 1 heterocycles. The van der Waals surface area contributed by atoms with E-state index in [1.165, 1.54) is 19.1 Å². The van der Waals surface area contributed by atoms with E-state index in [9.17, 15) is 9.59 Å². The topological polar surface area (TPSA) is 86.3 Å². The van der Waals surface area contributed by atoms with Crippen LogP contribution in [0.2, 0.25) is 0 Å². The lowest BCUT2D eigenvalue weighted by Crippen LogP contribution is -2.35. The van der Waals surface area contributed by atoms with Crippen molar-refractivity contribution < 1.29 is 28.5 Å². The van der Waals surface area contributed by atoms with E-state index in [-0.39, 0.29) is 30.5 Å². The first-order chi connectivity index (χ1) is 15.9. The molecule has 176 valence electrons. The predicted molar refractivity (Wildman–Crippen MR) is 126 cm³/mol. The number of hydrogen-bond acceptors (Lipinski definition) is 7. The van der Waals surface area contributed by atoms with E-state index < -0.39 is 11.8 Å². The molecule has 1 aliphatic heterocycles. The molecule has 0 saturated carbocycles. The first-order valence-corrected chi connectivity index (χ1v) is 10.8. The van der Waals surface area contributed by atoms with Crippen molar-refractivity contribution in [2.45, 2.75) is 26.9 Å². The molecule has 0 radical (unpaired) electrons. The van der Waals surface area contributed by atoms with Gasteiger partial charge in [0.15, 0.2) is 11.5 Å². The summed E-state index contributed by atoms with van der Waals surface area (Å²) in [5, 5.41) is 3.14. The largest absolute Gasteiger partial charge is 0.494 e. The number of amides is 2. The number of nitrogens with zero attached hydrogens (tertiary/aromatic N) is 1. The number of anilines is 1. The van der Waals surface area contributed by atoms with Gasteiger partial charge in [-0.3, -0.25) is 14.5 Å². The zero-order valence-electron chi connectivity index (χ0n) is 19.6. The maximum Gasteiger partial charge on any atom is 0.278 e. The van der Waals surface area contributed by atoms with E-state index in [0.717, 1.165) is 0 Å². The Hall–Kier alpha value is -3.52. The number of benzene rings is 2. The second kappa shape index (κ2) is 10.9. The Morgan fingerprint density at radius 3 is 2.39 bits per heavy atom. The van der Waals surface area contributed by atoms with Crippen LogP contribution in [0.5, 0.6) is 17.2 Å². The minimum absolute atomic E-state index is 0.00464. The lowest BCUT2D eigenvalue weighted by atomic mass is 10.0. The minimum Gasteiger partial charge on any atom is -0.494 e. The van der Waals surface area contributed by atoms with Gasteiger partial charge < -0.3 is 24.3 Å². The zero-order chi connectivity index (χ0) is 24.0. The van der Waals surface area contributed by atoms with Crippen molar-refractivity contribution in [2.24, 2.45) is 0 Å². The van der Waals surface area contributed by atoms with Crippen molar-refractivity contribution in [3.63, 3.8) is 0 Å². The van der Waals surface area contributed by atoms with Crippen LogP contribution in [-0.4, -0.2) is 56.8 Å². The Labute approximate surface area is 194 Å². The van der Waals surface area contributed by atoms with Gasteiger partial charge in [0.25, 0.3) is 11.8 Å². The molecule has 2 aromatic rings. The number of carbonyl (C=O) groups is 2. The lowest BCUT2D eigenvalue weighted by molar-refractivity contribution is -0.137. The molecule has 0 spiro atoms. The number of methoxy groups -OCH3 is 2. The molecule has 2 amide bonds. The highest BCUT2D eigenvalue weighted by molar-refractivity contribution is 6.36. The summed E-state index contributed by atoms with van der Waals surface area (Å²) >= 11 is 0. The molecule has 0 atom stereocenters. The molecule has 33 heavy (non-hydrogen) atoms. The van der Waals surface area contributed by atoms with Gasteiger partial charge in [-0.15, -0.1) is 0 Å². The highest BCUT2D eigenvalue weighted by atomic mass is 16.5. The van der Waals surface area contributed by atoms with Gasteiger partial charge in [0.05, 0.1) is 45.7 Å². The quantitative estimate of drug-likeness (QED) is 0.518. The average molecular weight is 455 g/mol. The SMILES string of the molecule is CCOc1cccc(NC2=C(c3ccc(OC)c(OC)c3)C(=O)N(CCOC(C)C)C2=O)c1. The Morgan fingerprint density at radius 1 is 0.970 bits per heavy atom. The summed E-state index contributed by atoms with van der Waals surface area (Å²) in [6.45, 7) is 6.62. The summed E-state index contributed by atoms with van der Waals surface area (Å²) in [7, 11) is 3.06. The van der Waals surface area contributed by atoms with E-state index in [0.29, 0.717) is 35.1 Å². The Kier molecular flexibility index (Phi) is 7.95. The Morgan fingerprint density at radius 2 is 1.73 bits per heavy atom. The molecule has 0 fully saturated rings. The van der Waals surface area contributed by atoms with Crippen LogP contribution in [0.15, 0.2) is 48.2 Å². The number of hydrogen-bond donors (Lipinski definition) is 1. The highest BCUT2D eigenvalue weighted by Gasteiger charge is 2.39. The van der Waals surface area contributed by atoms with Crippen LogP contribution in [0.3, 0.4) is 0 Å². The Balaban J connectivity index is 2.02. The summed E-state index contributed by atoms with van der Waals surface area (Å²) in [5.74, 6) is 0.832. The second-order valence-electron chi connectivity index (χ2n) is 7.59. The normalized spacial score (nSPS) is 13.7. The molecule has 0 unspecified atom stereocenters. The summed E-state index contributed by atoms with van der Waals surface area (Å²) in [6.07, 6.45) is -0.00464. The first-order valence-electron chi connectivity index (χ1n) is 10.8. The molecule has 1 aliphatic rings. The number of imide groups is 1. The predicted octanol–water partition coefficient (Wildman–Crippen LogP) is 3.72. The van der Waals surface area contributed by atoms with Gasteiger partial charge in [-0.05, 0) is 50.6 Å². The molecule has 0 aromatic heterocycles. The third-order valence-corrected chi connectivity index (χ3v) is 5.02. The summed E-state index contributed by atoms with van der Waals surface area (Å²) in [4.78, 5) is 27.9. The summed E-state index contributed by atoms with van der Waals surface area (Å²) < 4.78 is 21.8. The standard InChI is InChI=1S/C25H30N2O6/c1-6-32-19-9-7-8-18(15-19)26-23-22(17-10-11-20(30-4)21(14-17)31-5)24(28)27(25(23)29)12-13-33-16(2)3/h7-11,14-16,26H,6,12-13H2,1-5H3. The molecule has 0 bridgehead atoms. The number of nitrogens with one attached hydrogen (secondary N) is 1. The average Bonchev–Trinajstić information content (AvgIpc) is 3.03. The van der Waals surface area contributed by atoms with E-state index in [1.807, 2.05) is 39.0 Å². The van der Waals surface area contributed by atoms with Crippen LogP contribution in [0.1, 0.15) is 26.3 Å². The van der Waals surface area contributed by atoms with Crippen molar-refractivity contribution in [1.82, 2.24) is 4.90 Å². The smallest absolute Gasteiger partial charge is 0.278 e. The van der Waals surface area contributed by atoms with E-state index in [4.69, 9.17) is 18.9 Å². The van der Waals surface area contributed by atoms with Crippen molar-refractivity contribution in [2.75, 3.05) is 39.3 Å². The zero-order valence-corrected chi connectivity index (χ0v) is 19.6. The summed E-state index contributed by atoms with van der Waals surface area (Å²) in [5.41, 5.74) is 1.62. The van der Waals surface area contributed by atoms with Crippen LogP contribution < -0.4 is 19.5 Å². The van der Waals surface area contributed by atoms with Crippen molar-refractivity contribution in [3.05, 3.63) is 53.7 Å². The van der Waals surface area contributed by atoms with Crippen LogP contribution in [0.4, 0.5) is 5.69 Å². The van der Waals surface area contributed by atoms with Gasteiger partial charge in [-0.1, -0.05) is 12.1 Å². The van der Waals surface area contributed by atoms with Gasteiger partial charge in [0.2, 0.25) is 0 Å². The molecule has 2 aromatic carbocycles. The van der Waals surface area contributed by atoms with Crippen LogP contribution in [0.25, 0.3) is 5.57 Å². The van der Waals surface area contributed by atoms with Gasteiger partial charge in [0.1, 0.15) is 11.4 Å². The molecular formula is C25H30N2O6. The van der Waals surface area contributed by atoms with Crippen molar-refractivity contribution in [1.29, 1.82) is 0 Å². The fraction of sp³-hybridized carbons (Fsp3) is 0.360. The number of ether oxygens (including phenoxy) is 4. The van der Waals surface area contributed by atoms with E-state index in [2.05, 4.69) is 5.32 Å². The fourth-order valence-corrected chi connectivity index (χ4v) is 3.51. The molecule has 0 aliphatic carbocycles.